The van der Waals surface area contributed by atoms with Gasteiger partial charge < -0.3 is 12.9 Å². The molecule has 2 amide bonds. The molecule has 1 saturated heterocycles. The Morgan fingerprint density at radius 1 is 1.14 bits per heavy atom. The molecule has 126 valence electrons. The first-order chi connectivity index (χ1) is 10.2. The summed E-state index contributed by atoms with van der Waals surface area (Å²) in [4.78, 5) is 39.4. The van der Waals surface area contributed by atoms with Gasteiger partial charge in [0.15, 0.2) is 23.0 Å². The lowest BCUT2D eigenvalue weighted by Gasteiger charge is -2.36. The molecule has 1 fully saturated rings. The van der Waals surface area contributed by atoms with Crippen LogP contribution in [-0.2, 0) is 17.4 Å². The molecule has 22 heavy (non-hydrogen) atoms. The summed E-state index contributed by atoms with van der Waals surface area (Å²) in [5.41, 5.74) is -0.684. The molecule has 1 rings (SSSR count). The highest BCUT2D eigenvalue weighted by molar-refractivity contribution is 14.1. The standard InChI is InChI=1S/C15H25IN2O4/c1-5-12(19)17-6-8-18(9-7-17)13(20)11(2)10-15(3,4)14(21)22-16/h11H,5-10H2,1-4H3. The Balaban J connectivity index is 2.55. The molecular formula is C15H25IN2O4. The fourth-order valence-corrected chi connectivity index (χ4v) is 3.35. The molecule has 1 aliphatic heterocycles. The second kappa shape index (κ2) is 8.12. The minimum atomic E-state index is -0.684. The highest BCUT2D eigenvalue weighted by Gasteiger charge is 2.35. The summed E-state index contributed by atoms with van der Waals surface area (Å²) in [5.74, 6) is -0.394. The van der Waals surface area contributed by atoms with Crippen LogP contribution < -0.4 is 0 Å². The van der Waals surface area contributed by atoms with Gasteiger partial charge in [0.1, 0.15) is 0 Å². The first-order valence-electron chi connectivity index (χ1n) is 7.62. The first-order valence-corrected chi connectivity index (χ1v) is 8.50. The molecule has 0 aromatic rings. The zero-order valence-corrected chi connectivity index (χ0v) is 15.9. The number of carbonyl (C=O) groups excluding carboxylic acids is 3. The van der Waals surface area contributed by atoms with E-state index in [-0.39, 0.29) is 23.7 Å². The Kier molecular flexibility index (Phi) is 7.08. The third-order valence-corrected chi connectivity index (χ3v) is 4.51. The van der Waals surface area contributed by atoms with Crippen molar-refractivity contribution >= 4 is 40.8 Å². The maximum Gasteiger partial charge on any atom is 0.320 e. The van der Waals surface area contributed by atoms with Crippen molar-refractivity contribution in [2.45, 2.75) is 40.5 Å². The van der Waals surface area contributed by atoms with Crippen molar-refractivity contribution in [3.05, 3.63) is 0 Å². The first kappa shape index (κ1) is 19.2. The van der Waals surface area contributed by atoms with E-state index in [4.69, 9.17) is 3.07 Å². The number of rotatable bonds is 5. The van der Waals surface area contributed by atoms with Crippen LogP contribution in [0.1, 0.15) is 40.5 Å². The van der Waals surface area contributed by atoms with Gasteiger partial charge in [-0.3, -0.25) is 14.4 Å². The Labute approximate surface area is 146 Å². The summed E-state index contributed by atoms with van der Waals surface area (Å²) in [7, 11) is 0. The van der Waals surface area contributed by atoms with Crippen molar-refractivity contribution in [3.8, 4) is 0 Å². The molecule has 0 radical (unpaired) electrons. The van der Waals surface area contributed by atoms with E-state index in [0.717, 1.165) is 0 Å². The Morgan fingerprint density at radius 3 is 2.09 bits per heavy atom. The smallest absolute Gasteiger partial charge is 0.320 e. The molecule has 1 aliphatic rings. The lowest BCUT2D eigenvalue weighted by molar-refractivity contribution is -0.146. The zero-order chi connectivity index (χ0) is 16.9. The summed E-state index contributed by atoms with van der Waals surface area (Å²) in [6, 6.07) is 0. The molecule has 1 unspecified atom stereocenters. The topological polar surface area (TPSA) is 66.9 Å². The molecule has 1 heterocycles. The van der Waals surface area contributed by atoms with Crippen LogP contribution in [-0.4, -0.2) is 53.8 Å². The summed E-state index contributed by atoms with van der Waals surface area (Å²) in [6.45, 7) is 9.56. The van der Waals surface area contributed by atoms with Crippen LogP contribution in [0.15, 0.2) is 0 Å². The predicted molar refractivity (Wildman–Crippen MR) is 91.1 cm³/mol. The van der Waals surface area contributed by atoms with Crippen LogP contribution in [0.4, 0.5) is 0 Å². The van der Waals surface area contributed by atoms with E-state index in [1.807, 2.05) is 13.8 Å². The minimum Gasteiger partial charge on any atom is -0.394 e. The highest BCUT2D eigenvalue weighted by Crippen LogP contribution is 2.29. The Morgan fingerprint density at radius 2 is 1.64 bits per heavy atom. The van der Waals surface area contributed by atoms with E-state index < -0.39 is 5.41 Å². The number of hydrogen-bond donors (Lipinski definition) is 0. The number of piperazine rings is 1. The van der Waals surface area contributed by atoms with Crippen molar-refractivity contribution in [2.24, 2.45) is 11.3 Å². The quantitative estimate of drug-likeness (QED) is 0.634. The maximum atomic E-state index is 12.5. The molecule has 0 spiro atoms. The molecule has 1 atom stereocenters. The van der Waals surface area contributed by atoms with E-state index in [1.54, 1.807) is 46.7 Å². The van der Waals surface area contributed by atoms with Gasteiger partial charge in [0.25, 0.3) is 0 Å². The van der Waals surface area contributed by atoms with Gasteiger partial charge >= 0.3 is 5.97 Å². The average molecular weight is 424 g/mol. The van der Waals surface area contributed by atoms with Crippen LogP contribution in [0.5, 0.6) is 0 Å². The molecule has 0 bridgehead atoms. The normalized spacial score (nSPS) is 17.1. The second-order valence-electron chi connectivity index (χ2n) is 6.41. The highest BCUT2D eigenvalue weighted by atomic mass is 127. The molecule has 0 aromatic carbocycles. The van der Waals surface area contributed by atoms with Gasteiger partial charge in [-0.15, -0.1) is 0 Å². The van der Waals surface area contributed by atoms with E-state index in [1.165, 1.54) is 0 Å². The van der Waals surface area contributed by atoms with E-state index in [2.05, 4.69) is 0 Å². The monoisotopic (exact) mass is 424 g/mol. The molecule has 7 heteroatoms. The number of amides is 2. The van der Waals surface area contributed by atoms with Crippen molar-refractivity contribution in [1.82, 2.24) is 9.80 Å². The maximum absolute atomic E-state index is 12.5. The number of halogens is 1. The van der Waals surface area contributed by atoms with E-state index in [9.17, 15) is 14.4 Å². The lowest BCUT2D eigenvalue weighted by Crippen LogP contribution is -2.52. The summed E-state index contributed by atoms with van der Waals surface area (Å²) >= 11 is 1.58. The predicted octanol–water partition coefficient (Wildman–Crippen LogP) is 2.01. The van der Waals surface area contributed by atoms with Gasteiger partial charge in [-0.25, -0.2) is 0 Å². The lowest BCUT2D eigenvalue weighted by atomic mass is 9.83. The minimum absolute atomic E-state index is 0.0398. The number of hydrogen-bond acceptors (Lipinski definition) is 4. The van der Waals surface area contributed by atoms with Crippen molar-refractivity contribution in [3.63, 3.8) is 0 Å². The van der Waals surface area contributed by atoms with Gasteiger partial charge in [-0.05, 0) is 20.3 Å². The molecule has 6 nitrogen and oxygen atoms in total. The molecule has 0 saturated carbocycles. The van der Waals surface area contributed by atoms with Crippen LogP contribution in [0.25, 0.3) is 0 Å². The van der Waals surface area contributed by atoms with E-state index >= 15 is 0 Å². The van der Waals surface area contributed by atoms with Gasteiger partial charge in [-0.1, -0.05) is 13.8 Å². The van der Waals surface area contributed by atoms with Crippen molar-refractivity contribution < 1.29 is 17.4 Å². The van der Waals surface area contributed by atoms with Crippen LogP contribution in [0.3, 0.4) is 0 Å². The zero-order valence-electron chi connectivity index (χ0n) is 13.7. The molecule has 0 N–H and O–H groups in total. The van der Waals surface area contributed by atoms with Crippen LogP contribution in [0.2, 0.25) is 0 Å². The SMILES string of the molecule is CCC(=O)N1CCN(C(=O)C(C)CC(C)(C)C(=O)OI)CC1. The van der Waals surface area contributed by atoms with Crippen LogP contribution >= 0.6 is 23.0 Å². The summed E-state index contributed by atoms with van der Waals surface area (Å²) in [5, 5.41) is 0. The third-order valence-electron chi connectivity index (χ3n) is 4.11. The van der Waals surface area contributed by atoms with Crippen LogP contribution in [0, 0.1) is 11.3 Å². The fourth-order valence-electron chi connectivity index (χ4n) is 2.75. The fraction of sp³-hybridized carbons (Fsp3) is 0.800. The van der Waals surface area contributed by atoms with Gasteiger partial charge in [0.2, 0.25) is 11.8 Å². The summed E-state index contributed by atoms with van der Waals surface area (Å²) in [6.07, 6.45) is 0.943. The third kappa shape index (κ3) is 4.82. The van der Waals surface area contributed by atoms with Gasteiger partial charge in [0, 0.05) is 38.5 Å². The number of nitrogens with zero attached hydrogens (tertiary/aromatic N) is 2. The largest absolute Gasteiger partial charge is 0.394 e. The van der Waals surface area contributed by atoms with E-state index in [0.29, 0.717) is 39.0 Å². The Bertz CT molecular complexity index is 431. The Hall–Kier alpha value is -0.860. The molecule has 0 aliphatic carbocycles. The molecule has 0 aromatic heterocycles. The van der Waals surface area contributed by atoms with Crippen molar-refractivity contribution in [2.75, 3.05) is 26.2 Å². The van der Waals surface area contributed by atoms with Gasteiger partial charge in [-0.2, -0.15) is 0 Å². The van der Waals surface area contributed by atoms with Crippen molar-refractivity contribution in [1.29, 1.82) is 0 Å². The second-order valence-corrected chi connectivity index (χ2v) is 6.85. The number of carbonyl (C=O) groups is 3. The molecular weight excluding hydrogens is 399 g/mol. The van der Waals surface area contributed by atoms with Gasteiger partial charge in [0.05, 0.1) is 5.41 Å². The summed E-state index contributed by atoms with van der Waals surface area (Å²) < 4.78 is 4.76. The average Bonchev–Trinajstić information content (AvgIpc) is 2.52.